The van der Waals surface area contributed by atoms with Crippen molar-refractivity contribution in [2.75, 3.05) is 6.54 Å². The summed E-state index contributed by atoms with van der Waals surface area (Å²) in [6, 6.07) is 0. The standard InChI is InChI=1S/C12H21N3O2/c1-5-8-15(9-10-13-6-7-14-10)11(16)17-12(2,3)4/h6-7H,5,8-9H2,1-4H3,(H,13,14). The van der Waals surface area contributed by atoms with Crippen molar-refractivity contribution in [3.8, 4) is 0 Å². The Labute approximate surface area is 102 Å². The maximum absolute atomic E-state index is 11.9. The van der Waals surface area contributed by atoms with Gasteiger partial charge in [-0.3, -0.25) is 0 Å². The van der Waals surface area contributed by atoms with E-state index in [1.165, 1.54) is 0 Å². The van der Waals surface area contributed by atoms with Gasteiger partial charge in [0.2, 0.25) is 0 Å². The molecule has 0 fully saturated rings. The van der Waals surface area contributed by atoms with E-state index in [-0.39, 0.29) is 6.09 Å². The maximum Gasteiger partial charge on any atom is 0.410 e. The molecule has 0 bridgehead atoms. The summed E-state index contributed by atoms with van der Waals surface area (Å²) in [4.78, 5) is 20.7. The molecule has 0 saturated heterocycles. The van der Waals surface area contributed by atoms with Gasteiger partial charge in [-0.05, 0) is 27.2 Å². The van der Waals surface area contributed by atoms with Gasteiger partial charge in [0.05, 0.1) is 6.54 Å². The average Bonchev–Trinajstić information content (AvgIpc) is 2.67. The highest BCUT2D eigenvalue weighted by Crippen LogP contribution is 2.11. The number of nitrogens with one attached hydrogen (secondary N) is 1. The molecule has 1 heterocycles. The van der Waals surface area contributed by atoms with Crippen LogP contribution < -0.4 is 0 Å². The molecule has 0 unspecified atom stereocenters. The zero-order valence-corrected chi connectivity index (χ0v) is 11.0. The number of rotatable bonds is 4. The summed E-state index contributed by atoms with van der Waals surface area (Å²) >= 11 is 0. The van der Waals surface area contributed by atoms with Crippen LogP contribution in [0.1, 0.15) is 39.9 Å². The van der Waals surface area contributed by atoms with Crippen LogP contribution in [-0.4, -0.2) is 33.1 Å². The van der Waals surface area contributed by atoms with Crippen LogP contribution in [0.5, 0.6) is 0 Å². The third-order valence-electron chi connectivity index (χ3n) is 2.04. The molecule has 0 radical (unpaired) electrons. The molecule has 1 aromatic rings. The van der Waals surface area contributed by atoms with Crippen molar-refractivity contribution in [3.05, 3.63) is 18.2 Å². The number of aromatic amines is 1. The molecule has 0 aliphatic rings. The number of imidazole rings is 1. The van der Waals surface area contributed by atoms with E-state index in [1.54, 1.807) is 17.3 Å². The minimum absolute atomic E-state index is 0.296. The SMILES string of the molecule is CCCN(Cc1ncc[nH]1)C(=O)OC(C)(C)C. The minimum atomic E-state index is -0.466. The van der Waals surface area contributed by atoms with Gasteiger partial charge in [0.1, 0.15) is 11.4 Å². The number of aromatic nitrogens is 2. The Morgan fingerprint density at radius 1 is 1.53 bits per heavy atom. The number of carbonyl (C=O) groups excluding carboxylic acids is 1. The lowest BCUT2D eigenvalue weighted by Gasteiger charge is -2.26. The van der Waals surface area contributed by atoms with E-state index in [9.17, 15) is 4.79 Å². The second-order valence-corrected chi connectivity index (χ2v) is 4.94. The van der Waals surface area contributed by atoms with Gasteiger partial charge in [-0.15, -0.1) is 0 Å². The van der Waals surface area contributed by atoms with Gasteiger partial charge in [0.25, 0.3) is 0 Å². The number of amides is 1. The van der Waals surface area contributed by atoms with Crippen LogP contribution in [0.25, 0.3) is 0 Å². The first kappa shape index (κ1) is 13.5. The van der Waals surface area contributed by atoms with Crippen LogP contribution >= 0.6 is 0 Å². The van der Waals surface area contributed by atoms with Gasteiger partial charge >= 0.3 is 6.09 Å². The van der Waals surface area contributed by atoms with Crippen molar-refractivity contribution in [1.82, 2.24) is 14.9 Å². The van der Waals surface area contributed by atoms with Gasteiger partial charge in [0.15, 0.2) is 0 Å². The summed E-state index contributed by atoms with van der Waals surface area (Å²) in [5.74, 6) is 0.768. The fourth-order valence-electron chi connectivity index (χ4n) is 1.40. The quantitative estimate of drug-likeness (QED) is 0.878. The predicted molar refractivity (Wildman–Crippen MR) is 65.5 cm³/mol. The summed E-state index contributed by atoms with van der Waals surface area (Å²) in [5.41, 5.74) is -0.466. The Balaban J connectivity index is 2.62. The molecule has 0 aliphatic carbocycles. The summed E-state index contributed by atoms with van der Waals surface area (Å²) in [6.07, 6.45) is 4.01. The molecule has 96 valence electrons. The van der Waals surface area contributed by atoms with Gasteiger partial charge in [-0.2, -0.15) is 0 Å². The van der Waals surface area contributed by atoms with Crippen molar-refractivity contribution in [1.29, 1.82) is 0 Å². The van der Waals surface area contributed by atoms with Gasteiger partial charge < -0.3 is 14.6 Å². The summed E-state index contributed by atoms with van der Waals surface area (Å²) < 4.78 is 5.35. The van der Waals surface area contributed by atoms with E-state index >= 15 is 0 Å². The maximum atomic E-state index is 11.9. The van der Waals surface area contributed by atoms with Crippen LogP contribution in [0.3, 0.4) is 0 Å². The van der Waals surface area contributed by atoms with E-state index in [0.29, 0.717) is 13.1 Å². The zero-order chi connectivity index (χ0) is 12.9. The molecule has 0 saturated carbocycles. The third kappa shape index (κ3) is 4.89. The molecule has 0 aromatic carbocycles. The van der Waals surface area contributed by atoms with Gasteiger partial charge in [-0.1, -0.05) is 6.92 Å². The molecule has 1 rings (SSSR count). The minimum Gasteiger partial charge on any atom is -0.444 e. The molecule has 0 atom stereocenters. The molecule has 1 aromatic heterocycles. The predicted octanol–water partition coefficient (Wildman–Crippen LogP) is 2.56. The Kier molecular flexibility index (Phi) is 4.54. The molecular formula is C12H21N3O2. The molecular weight excluding hydrogens is 218 g/mol. The van der Waals surface area contributed by atoms with Gasteiger partial charge in [-0.25, -0.2) is 9.78 Å². The number of hydrogen-bond donors (Lipinski definition) is 1. The number of nitrogens with zero attached hydrogens (tertiary/aromatic N) is 2. The van der Waals surface area contributed by atoms with Crippen LogP contribution in [0.4, 0.5) is 4.79 Å². The number of ether oxygens (including phenoxy) is 1. The van der Waals surface area contributed by atoms with Crippen molar-refractivity contribution >= 4 is 6.09 Å². The Morgan fingerprint density at radius 3 is 2.71 bits per heavy atom. The molecule has 5 heteroatoms. The Hall–Kier alpha value is -1.52. The van der Waals surface area contributed by atoms with Crippen molar-refractivity contribution in [3.63, 3.8) is 0 Å². The van der Waals surface area contributed by atoms with Crippen LogP contribution in [0, 0.1) is 0 Å². The highest BCUT2D eigenvalue weighted by atomic mass is 16.6. The second-order valence-electron chi connectivity index (χ2n) is 4.94. The first-order valence-corrected chi connectivity index (χ1v) is 5.88. The molecule has 0 spiro atoms. The molecule has 0 aliphatic heterocycles. The molecule has 1 amide bonds. The van der Waals surface area contributed by atoms with Crippen molar-refractivity contribution in [2.24, 2.45) is 0 Å². The number of carbonyl (C=O) groups is 1. The van der Waals surface area contributed by atoms with Crippen LogP contribution in [0.2, 0.25) is 0 Å². The number of H-pyrrole nitrogens is 1. The second kappa shape index (κ2) is 5.70. The Bertz CT molecular complexity index is 341. The fourth-order valence-corrected chi connectivity index (χ4v) is 1.40. The largest absolute Gasteiger partial charge is 0.444 e. The van der Waals surface area contributed by atoms with Crippen LogP contribution in [-0.2, 0) is 11.3 Å². The number of hydrogen-bond acceptors (Lipinski definition) is 3. The third-order valence-corrected chi connectivity index (χ3v) is 2.04. The smallest absolute Gasteiger partial charge is 0.410 e. The highest BCUT2D eigenvalue weighted by Gasteiger charge is 2.22. The zero-order valence-electron chi connectivity index (χ0n) is 11.0. The van der Waals surface area contributed by atoms with Crippen molar-refractivity contribution < 1.29 is 9.53 Å². The monoisotopic (exact) mass is 239 g/mol. The van der Waals surface area contributed by atoms with E-state index in [4.69, 9.17) is 4.74 Å². The normalized spacial score (nSPS) is 11.3. The van der Waals surface area contributed by atoms with E-state index < -0.39 is 5.60 Å². The molecule has 5 nitrogen and oxygen atoms in total. The first-order valence-electron chi connectivity index (χ1n) is 5.88. The van der Waals surface area contributed by atoms with Crippen LogP contribution in [0.15, 0.2) is 12.4 Å². The topological polar surface area (TPSA) is 58.2 Å². The lowest BCUT2D eigenvalue weighted by molar-refractivity contribution is 0.0229. The fraction of sp³-hybridized carbons (Fsp3) is 0.667. The average molecular weight is 239 g/mol. The lowest BCUT2D eigenvalue weighted by atomic mass is 10.2. The lowest BCUT2D eigenvalue weighted by Crippen LogP contribution is -2.37. The summed E-state index contributed by atoms with van der Waals surface area (Å²) in [6.45, 7) is 8.73. The first-order chi connectivity index (χ1) is 7.92. The summed E-state index contributed by atoms with van der Waals surface area (Å²) in [7, 11) is 0. The van der Waals surface area contributed by atoms with E-state index in [0.717, 1.165) is 12.2 Å². The summed E-state index contributed by atoms with van der Waals surface area (Å²) in [5, 5.41) is 0. The molecule has 17 heavy (non-hydrogen) atoms. The van der Waals surface area contributed by atoms with E-state index in [2.05, 4.69) is 9.97 Å². The highest BCUT2D eigenvalue weighted by molar-refractivity contribution is 5.68. The van der Waals surface area contributed by atoms with E-state index in [1.807, 2.05) is 27.7 Å². The van der Waals surface area contributed by atoms with Gasteiger partial charge in [0, 0.05) is 18.9 Å². The molecule has 1 N–H and O–H groups in total. The van der Waals surface area contributed by atoms with Crippen molar-refractivity contribution in [2.45, 2.75) is 46.3 Å². The Morgan fingerprint density at radius 2 is 2.24 bits per heavy atom.